The number of carbonyl (C=O) groups excluding carboxylic acids is 1. The van der Waals surface area contributed by atoms with Crippen LogP contribution in [0.15, 0.2) is 0 Å². The van der Waals surface area contributed by atoms with Crippen molar-refractivity contribution >= 4 is 17.5 Å². The first-order valence-corrected chi connectivity index (χ1v) is 7.36. The Morgan fingerprint density at radius 2 is 2.00 bits per heavy atom. The van der Waals surface area contributed by atoms with Crippen LogP contribution in [0.4, 0.5) is 13.2 Å². The molecule has 3 atom stereocenters. The first kappa shape index (κ1) is 14.9. The molecule has 0 bridgehead atoms. The number of amides is 1. The van der Waals surface area contributed by atoms with Crippen LogP contribution in [0.1, 0.15) is 32.1 Å². The van der Waals surface area contributed by atoms with Crippen molar-refractivity contribution in [2.45, 2.75) is 38.3 Å². The molecule has 3 unspecified atom stereocenters. The third kappa shape index (κ3) is 3.56. The summed E-state index contributed by atoms with van der Waals surface area (Å²) in [5.41, 5.74) is 0. The SMILES string of the molecule is O=C(C1CCCC(C(F)(F)F)C1)N1CCC(CCl)C1. The fraction of sp³-hybridized carbons (Fsp3) is 0.923. The third-order valence-electron chi connectivity index (χ3n) is 4.30. The van der Waals surface area contributed by atoms with Crippen molar-refractivity contribution in [2.24, 2.45) is 17.8 Å². The van der Waals surface area contributed by atoms with Crippen LogP contribution >= 0.6 is 11.6 Å². The lowest BCUT2D eigenvalue weighted by atomic mass is 9.80. The fourth-order valence-corrected chi connectivity index (χ4v) is 3.38. The van der Waals surface area contributed by atoms with Gasteiger partial charge in [-0.1, -0.05) is 6.42 Å². The summed E-state index contributed by atoms with van der Waals surface area (Å²) in [6.45, 7) is 1.25. The molecule has 0 aromatic heterocycles. The Morgan fingerprint density at radius 1 is 1.26 bits per heavy atom. The van der Waals surface area contributed by atoms with Gasteiger partial charge in [0.05, 0.1) is 5.92 Å². The van der Waals surface area contributed by atoms with Gasteiger partial charge in [0.25, 0.3) is 0 Å². The van der Waals surface area contributed by atoms with E-state index in [2.05, 4.69) is 0 Å². The number of hydrogen-bond donors (Lipinski definition) is 0. The number of hydrogen-bond acceptors (Lipinski definition) is 1. The molecule has 0 spiro atoms. The summed E-state index contributed by atoms with van der Waals surface area (Å²) in [6, 6.07) is 0. The minimum atomic E-state index is -4.16. The molecule has 0 radical (unpaired) electrons. The minimum Gasteiger partial charge on any atom is -0.342 e. The van der Waals surface area contributed by atoms with E-state index in [4.69, 9.17) is 11.6 Å². The van der Waals surface area contributed by atoms with Crippen LogP contribution in [0.2, 0.25) is 0 Å². The Labute approximate surface area is 116 Å². The van der Waals surface area contributed by atoms with Crippen molar-refractivity contribution in [2.75, 3.05) is 19.0 Å². The van der Waals surface area contributed by atoms with Gasteiger partial charge in [-0.15, -0.1) is 11.6 Å². The smallest absolute Gasteiger partial charge is 0.342 e. The zero-order valence-electron chi connectivity index (χ0n) is 10.8. The number of halogens is 4. The van der Waals surface area contributed by atoms with Crippen molar-refractivity contribution in [3.63, 3.8) is 0 Å². The summed E-state index contributed by atoms with van der Waals surface area (Å²) in [5, 5.41) is 0. The van der Waals surface area contributed by atoms with E-state index < -0.39 is 18.0 Å². The average molecular weight is 298 g/mol. The predicted octanol–water partition coefficient (Wildman–Crippen LogP) is 3.44. The Bertz CT molecular complexity index is 334. The summed E-state index contributed by atoms with van der Waals surface area (Å²) >= 11 is 5.76. The quantitative estimate of drug-likeness (QED) is 0.715. The maximum atomic E-state index is 12.7. The highest BCUT2D eigenvalue weighted by atomic mass is 35.5. The third-order valence-corrected chi connectivity index (χ3v) is 4.74. The van der Waals surface area contributed by atoms with Gasteiger partial charge in [0.2, 0.25) is 5.91 Å². The molecule has 1 heterocycles. The molecule has 0 N–H and O–H groups in total. The molecule has 0 aromatic carbocycles. The molecule has 2 rings (SSSR count). The molecule has 1 saturated heterocycles. The number of alkyl halides is 4. The van der Waals surface area contributed by atoms with Crippen LogP contribution in [0.25, 0.3) is 0 Å². The van der Waals surface area contributed by atoms with Crippen LogP contribution in [0.3, 0.4) is 0 Å². The van der Waals surface area contributed by atoms with Gasteiger partial charge >= 0.3 is 6.18 Å². The van der Waals surface area contributed by atoms with E-state index in [9.17, 15) is 18.0 Å². The summed E-state index contributed by atoms with van der Waals surface area (Å²) < 4.78 is 38.2. The van der Waals surface area contributed by atoms with Crippen molar-refractivity contribution in [3.05, 3.63) is 0 Å². The van der Waals surface area contributed by atoms with Gasteiger partial charge in [-0.3, -0.25) is 4.79 Å². The van der Waals surface area contributed by atoms with E-state index in [1.807, 2.05) is 0 Å². The lowest BCUT2D eigenvalue weighted by molar-refractivity contribution is -0.187. The molecule has 2 nitrogen and oxygen atoms in total. The zero-order chi connectivity index (χ0) is 14.0. The number of carbonyl (C=O) groups is 1. The molecule has 0 aromatic rings. The van der Waals surface area contributed by atoms with Gasteiger partial charge in [-0.05, 0) is 31.6 Å². The van der Waals surface area contributed by atoms with Gasteiger partial charge in [-0.25, -0.2) is 0 Å². The molecule has 19 heavy (non-hydrogen) atoms. The van der Waals surface area contributed by atoms with E-state index in [1.54, 1.807) is 4.90 Å². The van der Waals surface area contributed by atoms with Gasteiger partial charge in [0, 0.05) is 24.9 Å². The topological polar surface area (TPSA) is 20.3 Å². The lowest BCUT2D eigenvalue weighted by Crippen LogP contribution is -2.39. The van der Waals surface area contributed by atoms with Crippen molar-refractivity contribution in [1.82, 2.24) is 4.90 Å². The van der Waals surface area contributed by atoms with Crippen molar-refractivity contribution in [3.8, 4) is 0 Å². The number of rotatable bonds is 2. The summed E-state index contributed by atoms with van der Waals surface area (Å²) in [7, 11) is 0. The van der Waals surface area contributed by atoms with Gasteiger partial charge < -0.3 is 4.90 Å². The Morgan fingerprint density at radius 3 is 2.58 bits per heavy atom. The first-order valence-electron chi connectivity index (χ1n) is 6.83. The van der Waals surface area contributed by atoms with E-state index in [-0.39, 0.29) is 18.7 Å². The highest BCUT2D eigenvalue weighted by Crippen LogP contribution is 2.40. The molecule has 1 aliphatic heterocycles. The molecule has 2 fully saturated rings. The van der Waals surface area contributed by atoms with Crippen LogP contribution in [0.5, 0.6) is 0 Å². The second-order valence-corrected chi connectivity index (χ2v) is 6.00. The molecule has 1 aliphatic carbocycles. The van der Waals surface area contributed by atoms with E-state index in [1.165, 1.54) is 0 Å². The highest BCUT2D eigenvalue weighted by molar-refractivity contribution is 6.18. The molecule has 110 valence electrons. The van der Waals surface area contributed by atoms with Crippen molar-refractivity contribution in [1.29, 1.82) is 0 Å². The molecule has 1 amide bonds. The maximum absolute atomic E-state index is 12.7. The highest BCUT2D eigenvalue weighted by Gasteiger charge is 2.44. The van der Waals surface area contributed by atoms with E-state index in [0.717, 1.165) is 6.42 Å². The van der Waals surface area contributed by atoms with Gasteiger partial charge in [0.15, 0.2) is 0 Å². The first-order chi connectivity index (χ1) is 8.91. The van der Waals surface area contributed by atoms with Crippen LogP contribution in [-0.2, 0) is 4.79 Å². The summed E-state index contributed by atoms with van der Waals surface area (Å²) in [4.78, 5) is 14.0. The average Bonchev–Trinajstić information content (AvgIpc) is 2.86. The lowest BCUT2D eigenvalue weighted by Gasteiger charge is -2.32. The molecular formula is C13H19ClF3NO. The zero-order valence-corrected chi connectivity index (χ0v) is 11.5. The predicted molar refractivity (Wildman–Crippen MR) is 66.9 cm³/mol. The number of likely N-dealkylation sites (tertiary alicyclic amines) is 1. The summed E-state index contributed by atoms with van der Waals surface area (Å²) in [5.74, 6) is -1.04. The normalized spacial score (nSPS) is 32.6. The molecule has 6 heteroatoms. The fourth-order valence-electron chi connectivity index (χ4n) is 3.13. The van der Waals surface area contributed by atoms with Crippen LogP contribution in [0, 0.1) is 17.8 Å². The monoisotopic (exact) mass is 297 g/mol. The second kappa shape index (κ2) is 5.90. The van der Waals surface area contributed by atoms with E-state index in [0.29, 0.717) is 37.7 Å². The van der Waals surface area contributed by atoms with Gasteiger partial charge in [-0.2, -0.15) is 13.2 Å². The molecule has 2 aliphatic rings. The Balaban J connectivity index is 1.92. The minimum absolute atomic E-state index is 0.0373. The summed E-state index contributed by atoms with van der Waals surface area (Å²) in [6.07, 6.45) is -2.09. The Hall–Kier alpha value is -0.450. The maximum Gasteiger partial charge on any atom is 0.391 e. The van der Waals surface area contributed by atoms with E-state index >= 15 is 0 Å². The number of nitrogens with zero attached hydrogens (tertiary/aromatic N) is 1. The second-order valence-electron chi connectivity index (χ2n) is 5.70. The largest absolute Gasteiger partial charge is 0.391 e. The molecular weight excluding hydrogens is 279 g/mol. The van der Waals surface area contributed by atoms with Crippen LogP contribution < -0.4 is 0 Å². The van der Waals surface area contributed by atoms with Gasteiger partial charge in [0.1, 0.15) is 0 Å². The van der Waals surface area contributed by atoms with Crippen molar-refractivity contribution < 1.29 is 18.0 Å². The standard InChI is InChI=1S/C13H19ClF3NO/c14-7-9-4-5-18(8-9)12(19)10-2-1-3-11(6-10)13(15,16)17/h9-11H,1-8H2. The molecule has 1 saturated carbocycles. The Kier molecular flexibility index (Phi) is 4.64. The van der Waals surface area contributed by atoms with Crippen LogP contribution in [-0.4, -0.2) is 36.0 Å².